The van der Waals surface area contributed by atoms with Gasteiger partial charge in [0.25, 0.3) is 0 Å². The van der Waals surface area contributed by atoms with Crippen LogP contribution in [-0.4, -0.2) is 0 Å². The smallest absolute Gasteiger partial charge is 0.0464 e. The Bertz CT molecular complexity index is 4600. The molecule has 15 aromatic rings. The second-order valence-corrected chi connectivity index (χ2v) is 25.0. The van der Waals surface area contributed by atoms with Crippen LogP contribution < -0.4 is 34.3 Å². The Labute approximate surface area is 588 Å². The van der Waals surface area contributed by atoms with E-state index < -0.39 is 0 Å². The number of hydrogen-bond acceptors (Lipinski definition) is 7. The molecule has 0 atom stereocenters. The molecule has 7 nitrogen and oxygen atoms in total. The minimum absolute atomic E-state index is 1.00. The molecular formula is C93H75N7. The predicted octanol–water partition coefficient (Wildman–Crippen LogP) is 26.9. The lowest BCUT2D eigenvalue weighted by Crippen LogP contribution is -2.14. The van der Waals surface area contributed by atoms with Gasteiger partial charge in [-0.25, -0.2) is 0 Å². The standard InChI is InChI=1S/C93H75N7/c1-70-25-22-40-91(67-70)98(76-34-16-7-17-35-76)88-61-55-82(56-62-88)94(73-28-10-4-11-29-73)79-43-49-85(50-44-79)97(86-51-45-80(46-52-86)95(74-30-12-5-13-31-74)83-57-63-89(64-58-83)99(77-36-18-8-19-37-77)92-41-23-26-71(2)68-92)87-53-47-81(48-54-87)96(75-32-14-6-15-33-75)84-59-65-90(66-60-84)100(78-38-20-9-21-39-78)93-42-24-27-72(3)69-93/h4-69H,1-3H3. The average molecular weight is 1290 g/mol. The van der Waals surface area contributed by atoms with Crippen molar-refractivity contribution in [3.05, 3.63) is 417 Å². The third-order valence-electron chi connectivity index (χ3n) is 18.1. The van der Waals surface area contributed by atoms with Crippen molar-refractivity contribution in [3.63, 3.8) is 0 Å². The van der Waals surface area contributed by atoms with Crippen molar-refractivity contribution < 1.29 is 0 Å². The van der Waals surface area contributed by atoms with Crippen LogP contribution in [0.3, 0.4) is 0 Å². The van der Waals surface area contributed by atoms with Gasteiger partial charge in [-0.05, 0) is 292 Å². The molecular weight excluding hydrogens is 1220 g/mol. The maximum Gasteiger partial charge on any atom is 0.0464 e. The van der Waals surface area contributed by atoms with E-state index in [2.05, 4.69) is 455 Å². The van der Waals surface area contributed by atoms with Crippen LogP contribution in [0.5, 0.6) is 0 Å². The fraction of sp³-hybridized carbons (Fsp3) is 0.0323. The van der Waals surface area contributed by atoms with Gasteiger partial charge < -0.3 is 34.3 Å². The molecule has 482 valence electrons. The highest BCUT2D eigenvalue weighted by Crippen LogP contribution is 2.46. The van der Waals surface area contributed by atoms with Crippen LogP contribution >= 0.6 is 0 Å². The van der Waals surface area contributed by atoms with E-state index in [-0.39, 0.29) is 0 Å². The lowest BCUT2D eigenvalue weighted by Gasteiger charge is -2.31. The van der Waals surface area contributed by atoms with Gasteiger partial charge in [0, 0.05) is 119 Å². The van der Waals surface area contributed by atoms with Gasteiger partial charge in [-0.3, -0.25) is 0 Å². The van der Waals surface area contributed by atoms with E-state index in [0.29, 0.717) is 0 Å². The van der Waals surface area contributed by atoms with Gasteiger partial charge in [0.05, 0.1) is 0 Å². The fourth-order valence-corrected chi connectivity index (χ4v) is 13.4. The molecule has 0 unspecified atom stereocenters. The van der Waals surface area contributed by atoms with Crippen LogP contribution in [-0.2, 0) is 0 Å². The van der Waals surface area contributed by atoms with Crippen molar-refractivity contribution in [2.75, 3.05) is 34.3 Å². The zero-order valence-electron chi connectivity index (χ0n) is 56.2. The molecule has 0 aliphatic rings. The van der Waals surface area contributed by atoms with Crippen molar-refractivity contribution in [3.8, 4) is 0 Å². The van der Waals surface area contributed by atoms with E-state index in [0.717, 1.165) is 119 Å². The Kier molecular flexibility index (Phi) is 18.3. The monoisotopic (exact) mass is 1290 g/mol. The lowest BCUT2D eigenvalue weighted by molar-refractivity contribution is 1.23. The first-order chi connectivity index (χ1) is 49.3. The summed E-state index contributed by atoms with van der Waals surface area (Å²) in [5.74, 6) is 0. The Hall–Kier alpha value is -13.1. The third kappa shape index (κ3) is 13.7. The third-order valence-corrected chi connectivity index (χ3v) is 18.1. The molecule has 0 aromatic heterocycles. The van der Waals surface area contributed by atoms with Crippen LogP contribution in [0.4, 0.5) is 119 Å². The van der Waals surface area contributed by atoms with Crippen molar-refractivity contribution in [2.45, 2.75) is 20.8 Å². The second-order valence-electron chi connectivity index (χ2n) is 25.0. The molecule has 0 aliphatic heterocycles. The van der Waals surface area contributed by atoms with Crippen LogP contribution in [0.15, 0.2) is 400 Å². The van der Waals surface area contributed by atoms with Gasteiger partial charge in [0.1, 0.15) is 0 Å². The SMILES string of the molecule is Cc1cccc(N(c2ccccc2)c2ccc(N(c3ccccc3)c3ccc(N(c4ccc(N(c5ccccc5)c5ccc(N(c6ccccc6)c6cccc(C)c6)cc5)cc4)c4ccc(N(c5ccccc5)c5ccc(N(c6ccccc6)c6cccc(C)c6)cc5)cc4)cc3)cc2)c1. The Morgan fingerprint density at radius 2 is 0.220 bits per heavy atom. The minimum atomic E-state index is 1.00. The van der Waals surface area contributed by atoms with Crippen molar-refractivity contribution in [1.29, 1.82) is 0 Å². The van der Waals surface area contributed by atoms with Crippen molar-refractivity contribution in [2.24, 2.45) is 0 Å². The quantitative estimate of drug-likeness (QED) is 0.0706. The van der Waals surface area contributed by atoms with E-state index in [4.69, 9.17) is 0 Å². The number of anilines is 21. The summed E-state index contributed by atoms with van der Waals surface area (Å²) < 4.78 is 0. The molecule has 0 aliphatic carbocycles. The minimum Gasteiger partial charge on any atom is -0.311 e. The summed E-state index contributed by atoms with van der Waals surface area (Å²) in [4.78, 5) is 16.3. The highest BCUT2D eigenvalue weighted by atomic mass is 15.2. The highest BCUT2D eigenvalue weighted by molar-refractivity contribution is 5.88. The lowest BCUT2D eigenvalue weighted by atomic mass is 10.1. The largest absolute Gasteiger partial charge is 0.311 e. The summed E-state index contributed by atoms with van der Waals surface area (Å²) in [6, 6.07) is 143. The molecule has 0 amide bonds. The van der Waals surface area contributed by atoms with Crippen LogP contribution in [0.25, 0.3) is 0 Å². The molecule has 0 heterocycles. The van der Waals surface area contributed by atoms with E-state index in [9.17, 15) is 0 Å². The Balaban J connectivity index is 0.806. The van der Waals surface area contributed by atoms with Crippen molar-refractivity contribution in [1.82, 2.24) is 0 Å². The molecule has 0 spiro atoms. The van der Waals surface area contributed by atoms with Crippen molar-refractivity contribution >= 4 is 119 Å². The molecule has 15 rings (SSSR count). The first-order valence-corrected chi connectivity index (χ1v) is 34.1. The van der Waals surface area contributed by atoms with E-state index in [1.807, 2.05) is 0 Å². The van der Waals surface area contributed by atoms with Crippen LogP contribution in [0, 0.1) is 20.8 Å². The zero-order chi connectivity index (χ0) is 67.6. The molecule has 0 radical (unpaired) electrons. The van der Waals surface area contributed by atoms with Gasteiger partial charge in [0.2, 0.25) is 0 Å². The van der Waals surface area contributed by atoms with E-state index in [1.54, 1.807) is 0 Å². The number of nitrogens with zero attached hydrogens (tertiary/aromatic N) is 7. The number of para-hydroxylation sites is 6. The van der Waals surface area contributed by atoms with E-state index in [1.165, 1.54) is 16.7 Å². The number of rotatable bonds is 21. The first kappa shape index (κ1) is 63.0. The van der Waals surface area contributed by atoms with Gasteiger partial charge in [-0.15, -0.1) is 0 Å². The summed E-state index contributed by atoms with van der Waals surface area (Å²) in [5.41, 5.74) is 25.8. The first-order valence-electron chi connectivity index (χ1n) is 34.1. The molecule has 7 heteroatoms. The highest BCUT2D eigenvalue weighted by Gasteiger charge is 2.23. The van der Waals surface area contributed by atoms with Crippen LogP contribution in [0.2, 0.25) is 0 Å². The van der Waals surface area contributed by atoms with E-state index >= 15 is 0 Å². The summed E-state index contributed by atoms with van der Waals surface area (Å²) in [5, 5.41) is 0. The molecule has 100 heavy (non-hydrogen) atoms. The number of aryl methyl sites for hydroxylation is 3. The Morgan fingerprint density at radius 1 is 0.110 bits per heavy atom. The zero-order valence-corrected chi connectivity index (χ0v) is 56.2. The molecule has 0 saturated heterocycles. The molecule has 0 fully saturated rings. The number of hydrogen-bond donors (Lipinski definition) is 0. The molecule has 0 N–H and O–H groups in total. The Morgan fingerprint density at radius 3 is 0.350 bits per heavy atom. The van der Waals surface area contributed by atoms with Gasteiger partial charge >= 0.3 is 0 Å². The van der Waals surface area contributed by atoms with Gasteiger partial charge in [-0.2, -0.15) is 0 Å². The van der Waals surface area contributed by atoms with Crippen LogP contribution in [0.1, 0.15) is 16.7 Å². The predicted molar refractivity (Wildman–Crippen MR) is 423 cm³/mol. The molecule has 0 saturated carbocycles. The normalized spacial score (nSPS) is 10.9. The van der Waals surface area contributed by atoms with Gasteiger partial charge in [0.15, 0.2) is 0 Å². The number of benzene rings is 15. The average Bonchev–Trinajstić information content (AvgIpc) is 0.786. The maximum absolute atomic E-state index is 2.36. The fourth-order valence-electron chi connectivity index (χ4n) is 13.4. The van der Waals surface area contributed by atoms with Gasteiger partial charge in [-0.1, -0.05) is 146 Å². The molecule has 15 aromatic carbocycles. The summed E-state index contributed by atoms with van der Waals surface area (Å²) in [6.07, 6.45) is 0. The summed E-state index contributed by atoms with van der Waals surface area (Å²) in [6.45, 7) is 6.44. The summed E-state index contributed by atoms with van der Waals surface area (Å²) in [7, 11) is 0. The summed E-state index contributed by atoms with van der Waals surface area (Å²) >= 11 is 0. The topological polar surface area (TPSA) is 22.7 Å². The molecule has 0 bridgehead atoms. The second kappa shape index (κ2) is 29.1. The maximum atomic E-state index is 2.36.